The van der Waals surface area contributed by atoms with Crippen molar-refractivity contribution in [3.8, 4) is 0 Å². The van der Waals surface area contributed by atoms with Crippen molar-refractivity contribution in [2.24, 2.45) is 0 Å². The molecule has 0 heterocycles. The number of aromatic carboxylic acids is 1. The first-order chi connectivity index (χ1) is 8.47. The zero-order valence-corrected chi connectivity index (χ0v) is 10.8. The molecule has 100 valence electrons. The minimum Gasteiger partial charge on any atom is -0.478 e. The van der Waals surface area contributed by atoms with Gasteiger partial charge in [0, 0.05) is 19.2 Å². The van der Waals surface area contributed by atoms with Crippen molar-refractivity contribution < 1.29 is 15.0 Å². The van der Waals surface area contributed by atoms with Crippen molar-refractivity contribution >= 4 is 17.3 Å². The second kappa shape index (κ2) is 6.26. The first-order valence-corrected chi connectivity index (χ1v) is 5.97. The Morgan fingerprint density at radius 3 is 2.56 bits per heavy atom. The third-order valence-corrected chi connectivity index (χ3v) is 2.76. The van der Waals surface area contributed by atoms with E-state index in [-0.39, 0.29) is 18.2 Å². The normalized spacial score (nSPS) is 10.7. The number of aliphatic hydroxyl groups is 1. The van der Waals surface area contributed by atoms with E-state index in [1.54, 1.807) is 12.1 Å². The van der Waals surface area contributed by atoms with Gasteiger partial charge in [-0.05, 0) is 38.5 Å². The minimum atomic E-state index is -0.986. The third kappa shape index (κ3) is 3.37. The summed E-state index contributed by atoms with van der Waals surface area (Å²) in [4.78, 5) is 12.9. The molecule has 0 amide bonds. The second-order valence-corrected chi connectivity index (χ2v) is 4.44. The lowest BCUT2D eigenvalue weighted by molar-refractivity contribution is 0.0697. The highest BCUT2D eigenvalue weighted by Gasteiger charge is 2.14. The summed E-state index contributed by atoms with van der Waals surface area (Å²) in [5.74, 6) is -0.986. The van der Waals surface area contributed by atoms with Gasteiger partial charge in [-0.25, -0.2) is 4.79 Å². The Kier molecular flexibility index (Phi) is 4.97. The summed E-state index contributed by atoms with van der Waals surface area (Å²) in [5.41, 5.74) is 7.34. The largest absolute Gasteiger partial charge is 0.478 e. The molecule has 0 radical (unpaired) electrons. The number of hydrogen-bond donors (Lipinski definition) is 3. The van der Waals surface area contributed by atoms with E-state index in [2.05, 4.69) is 4.90 Å². The van der Waals surface area contributed by atoms with Gasteiger partial charge >= 0.3 is 5.97 Å². The maximum absolute atomic E-state index is 10.8. The van der Waals surface area contributed by atoms with Crippen molar-refractivity contribution in [3.63, 3.8) is 0 Å². The van der Waals surface area contributed by atoms with Crippen LogP contribution in [0.4, 0.5) is 11.4 Å². The van der Waals surface area contributed by atoms with Crippen LogP contribution in [0.3, 0.4) is 0 Å². The van der Waals surface area contributed by atoms with Crippen LogP contribution in [-0.2, 0) is 0 Å². The van der Waals surface area contributed by atoms with Crippen molar-refractivity contribution in [1.29, 1.82) is 0 Å². The molecule has 0 fully saturated rings. The van der Waals surface area contributed by atoms with Crippen LogP contribution >= 0.6 is 0 Å². The van der Waals surface area contributed by atoms with Crippen molar-refractivity contribution in [3.05, 3.63) is 23.8 Å². The molecule has 0 aliphatic rings. The molecule has 0 spiro atoms. The summed E-state index contributed by atoms with van der Waals surface area (Å²) < 4.78 is 0. The molecule has 4 N–H and O–H groups in total. The minimum absolute atomic E-state index is 0.121. The first kappa shape index (κ1) is 14.3. The van der Waals surface area contributed by atoms with Crippen LogP contribution < -0.4 is 10.6 Å². The summed E-state index contributed by atoms with van der Waals surface area (Å²) >= 11 is 0. The predicted octanol–water partition coefficient (Wildman–Crippen LogP) is 1.56. The number of hydrogen-bond acceptors (Lipinski definition) is 4. The van der Waals surface area contributed by atoms with E-state index in [1.807, 2.05) is 13.8 Å². The Bertz CT molecular complexity index is 419. The highest BCUT2D eigenvalue weighted by molar-refractivity contribution is 5.90. The lowest BCUT2D eigenvalue weighted by Gasteiger charge is -2.30. The van der Waals surface area contributed by atoms with Gasteiger partial charge in [0.1, 0.15) is 0 Å². The Morgan fingerprint density at radius 1 is 1.44 bits per heavy atom. The number of carboxylic acid groups (broad SMARTS) is 1. The van der Waals surface area contributed by atoms with E-state index >= 15 is 0 Å². The van der Waals surface area contributed by atoms with Gasteiger partial charge in [0.15, 0.2) is 0 Å². The summed E-state index contributed by atoms with van der Waals surface area (Å²) in [6.07, 6.45) is 0.651. The van der Waals surface area contributed by atoms with Crippen molar-refractivity contribution in [2.45, 2.75) is 26.3 Å². The quantitative estimate of drug-likeness (QED) is 0.669. The molecule has 0 aliphatic heterocycles. The average Bonchev–Trinajstić information content (AvgIpc) is 2.30. The number of carboxylic acids is 1. The Balaban J connectivity index is 3.01. The Labute approximate surface area is 107 Å². The van der Waals surface area contributed by atoms with Crippen molar-refractivity contribution in [2.75, 3.05) is 23.8 Å². The SMILES string of the molecule is CC(C)N(CCCO)c1ccc(C(=O)O)cc1N. The monoisotopic (exact) mass is 252 g/mol. The number of carbonyl (C=O) groups is 1. The lowest BCUT2D eigenvalue weighted by atomic mass is 10.1. The number of aliphatic hydroxyl groups excluding tert-OH is 1. The summed E-state index contributed by atoms with van der Waals surface area (Å²) in [6.45, 7) is 4.87. The van der Waals surface area contributed by atoms with Crippen LogP contribution in [0.25, 0.3) is 0 Å². The summed E-state index contributed by atoms with van der Waals surface area (Å²) in [6, 6.07) is 4.96. The fourth-order valence-electron chi connectivity index (χ4n) is 1.85. The molecule has 0 bridgehead atoms. The van der Waals surface area contributed by atoms with Crippen LogP contribution in [0, 0.1) is 0 Å². The van der Waals surface area contributed by atoms with Crippen LogP contribution in [0.1, 0.15) is 30.6 Å². The van der Waals surface area contributed by atoms with E-state index < -0.39 is 5.97 Å². The zero-order valence-electron chi connectivity index (χ0n) is 10.8. The van der Waals surface area contributed by atoms with Crippen molar-refractivity contribution in [1.82, 2.24) is 0 Å². The van der Waals surface area contributed by atoms with Gasteiger partial charge in [-0.3, -0.25) is 0 Å². The molecule has 1 aromatic rings. The highest BCUT2D eigenvalue weighted by Crippen LogP contribution is 2.26. The van der Waals surface area contributed by atoms with Gasteiger partial charge in [0.2, 0.25) is 0 Å². The smallest absolute Gasteiger partial charge is 0.335 e. The fraction of sp³-hybridized carbons (Fsp3) is 0.462. The molecular weight excluding hydrogens is 232 g/mol. The van der Waals surface area contributed by atoms with Gasteiger partial charge in [-0.15, -0.1) is 0 Å². The highest BCUT2D eigenvalue weighted by atomic mass is 16.4. The van der Waals surface area contributed by atoms with Gasteiger partial charge in [-0.2, -0.15) is 0 Å². The molecule has 0 aliphatic carbocycles. The van der Waals surface area contributed by atoms with E-state index in [1.165, 1.54) is 6.07 Å². The average molecular weight is 252 g/mol. The Hall–Kier alpha value is -1.75. The summed E-state index contributed by atoms with van der Waals surface area (Å²) in [5, 5.41) is 17.8. The molecule has 5 nitrogen and oxygen atoms in total. The standard InChI is InChI=1S/C13H20N2O3/c1-9(2)15(6-3-7-16)12-5-4-10(13(17)18)8-11(12)14/h4-5,8-9,16H,3,6-7,14H2,1-2H3,(H,17,18). The predicted molar refractivity (Wildman–Crippen MR) is 72.0 cm³/mol. The first-order valence-electron chi connectivity index (χ1n) is 5.97. The van der Waals surface area contributed by atoms with E-state index in [4.69, 9.17) is 15.9 Å². The van der Waals surface area contributed by atoms with E-state index in [0.29, 0.717) is 18.7 Å². The van der Waals surface area contributed by atoms with Crippen LogP contribution in [0.5, 0.6) is 0 Å². The molecule has 1 aromatic carbocycles. The van der Waals surface area contributed by atoms with Crippen LogP contribution in [-0.4, -0.2) is 35.4 Å². The van der Waals surface area contributed by atoms with Gasteiger partial charge in [0.05, 0.1) is 16.9 Å². The topological polar surface area (TPSA) is 86.8 Å². The van der Waals surface area contributed by atoms with E-state index in [0.717, 1.165) is 5.69 Å². The number of rotatable bonds is 6. The molecule has 0 unspecified atom stereocenters. The van der Waals surface area contributed by atoms with Gasteiger partial charge < -0.3 is 20.8 Å². The maximum Gasteiger partial charge on any atom is 0.335 e. The Morgan fingerprint density at radius 2 is 2.11 bits per heavy atom. The number of nitrogen functional groups attached to an aromatic ring is 1. The zero-order chi connectivity index (χ0) is 13.7. The third-order valence-electron chi connectivity index (χ3n) is 2.76. The van der Waals surface area contributed by atoms with E-state index in [9.17, 15) is 4.79 Å². The number of nitrogens with two attached hydrogens (primary N) is 1. The number of anilines is 2. The summed E-state index contributed by atoms with van der Waals surface area (Å²) in [7, 11) is 0. The molecular formula is C13H20N2O3. The molecule has 18 heavy (non-hydrogen) atoms. The maximum atomic E-state index is 10.8. The van der Waals surface area contributed by atoms with Crippen LogP contribution in [0.15, 0.2) is 18.2 Å². The second-order valence-electron chi connectivity index (χ2n) is 4.44. The number of benzene rings is 1. The molecule has 5 heteroatoms. The van der Waals surface area contributed by atoms with Crippen LogP contribution in [0.2, 0.25) is 0 Å². The van der Waals surface area contributed by atoms with Gasteiger partial charge in [0.25, 0.3) is 0 Å². The molecule has 0 saturated heterocycles. The van der Waals surface area contributed by atoms with Gasteiger partial charge in [-0.1, -0.05) is 0 Å². The molecule has 0 atom stereocenters. The molecule has 0 saturated carbocycles. The number of nitrogens with zero attached hydrogens (tertiary/aromatic N) is 1. The fourth-order valence-corrected chi connectivity index (χ4v) is 1.85. The molecule has 0 aromatic heterocycles. The lowest BCUT2D eigenvalue weighted by Crippen LogP contribution is -2.32. The molecule has 1 rings (SSSR count).